The van der Waals surface area contributed by atoms with Crippen LogP contribution in [-0.4, -0.2) is 15.6 Å². The summed E-state index contributed by atoms with van der Waals surface area (Å²) >= 11 is 0. The SMILES string of the molecule is CCn1c(C2(C)CCCC2N)nc2cc(C)ccc21. The summed E-state index contributed by atoms with van der Waals surface area (Å²) in [5, 5.41) is 0. The summed E-state index contributed by atoms with van der Waals surface area (Å²) in [6.07, 6.45) is 3.47. The lowest BCUT2D eigenvalue weighted by atomic mass is 9.84. The van der Waals surface area contributed by atoms with Gasteiger partial charge in [0, 0.05) is 18.0 Å². The first kappa shape index (κ1) is 12.7. The van der Waals surface area contributed by atoms with Gasteiger partial charge in [-0.1, -0.05) is 19.4 Å². The highest BCUT2D eigenvalue weighted by Gasteiger charge is 2.41. The van der Waals surface area contributed by atoms with Crippen molar-refractivity contribution in [1.29, 1.82) is 0 Å². The lowest BCUT2D eigenvalue weighted by molar-refractivity contribution is 0.389. The smallest absolute Gasteiger partial charge is 0.117 e. The number of nitrogens with zero attached hydrogens (tertiary/aromatic N) is 2. The minimum Gasteiger partial charge on any atom is -0.328 e. The van der Waals surface area contributed by atoms with Gasteiger partial charge in [-0.15, -0.1) is 0 Å². The maximum atomic E-state index is 6.37. The number of fused-ring (bicyclic) bond motifs is 1. The van der Waals surface area contributed by atoms with Crippen LogP contribution in [-0.2, 0) is 12.0 Å². The van der Waals surface area contributed by atoms with Crippen LogP contribution in [0.5, 0.6) is 0 Å². The molecule has 1 aromatic carbocycles. The van der Waals surface area contributed by atoms with Gasteiger partial charge in [0.15, 0.2) is 0 Å². The predicted molar refractivity (Wildman–Crippen MR) is 79.3 cm³/mol. The third-order valence-corrected chi connectivity index (χ3v) is 4.76. The summed E-state index contributed by atoms with van der Waals surface area (Å²) in [4.78, 5) is 4.93. The second-order valence-corrected chi connectivity index (χ2v) is 6.09. The molecule has 19 heavy (non-hydrogen) atoms. The van der Waals surface area contributed by atoms with Crippen molar-refractivity contribution >= 4 is 11.0 Å². The Kier molecular flexibility index (Phi) is 2.90. The topological polar surface area (TPSA) is 43.8 Å². The van der Waals surface area contributed by atoms with E-state index in [1.807, 2.05) is 0 Å². The van der Waals surface area contributed by atoms with Crippen LogP contribution in [0.3, 0.4) is 0 Å². The number of nitrogens with two attached hydrogens (primary N) is 1. The molecule has 3 nitrogen and oxygen atoms in total. The summed E-state index contributed by atoms with van der Waals surface area (Å²) in [7, 11) is 0. The van der Waals surface area contributed by atoms with Gasteiger partial charge >= 0.3 is 0 Å². The molecule has 1 fully saturated rings. The summed E-state index contributed by atoms with van der Waals surface area (Å²) < 4.78 is 2.35. The van der Waals surface area contributed by atoms with E-state index in [-0.39, 0.29) is 11.5 Å². The monoisotopic (exact) mass is 257 g/mol. The molecule has 1 heterocycles. The maximum Gasteiger partial charge on any atom is 0.117 e. The van der Waals surface area contributed by atoms with Crippen LogP contribution < -0.4 is 5.73 Å². The molecule has 102 valence electrons. The Balaban J connectivity index is 2.23. The lowest BCUT2D eigenvalue weighted by Crippen LogP contribution is -2.40. The number of rotatable bonds is 2. The Morgan fingerprint density at radius 1 is 1.47 bits per heavy atom. The van der Waals surface area contributed by atoms with E-state index < -0.39 is 0 Å². The van der Waals surface area contributed by atoms with E-state index >= 15 is 0 Å². The van der Waals surface area contributed by atoms with Gasteiger partial charge in [0.1, 0.15) is 5.82 Å². The third-order valence-electron chi connectivity index (χ3n) is 4.76. The van der Waals surface area contributed by atoms with Crippen molar-refractivity contribution in [3.63, 3.8) is 0 Å². The fraction of sp³-hybridized carbons (Fsp3) is 0.562. The zero-order valence-electron chi connectivity index (χ0n) is 12.1. The first-order valence-corrected chi connectivity index (χ1v) is 7.29. The Hall–Kier alpha value is -1.35. The van der Waals surface area contributed by atoms with Crippen LogP contribution in [0, 0.1) is 6.92 Å². The Labute approximate surface area is 114 Å². The normalized spacial score (nSPS) is 27.3. The Morgan fingerprint density at radius 3 is 2.89 bits per heavy atom. The van der Waals surface area contributed by atoms with Gasteiger partial charge in [-0.2, -0.15) is 0 Å². The average Bonchev–Trinajstić information content (AvgIpc) is 2.91. The van der Waals surface area contributed by atoms with Crippen LogP contribution in [0.4, 0.5) is 0 Å². The maximum absolute atomic E-state index is 6.37. The van der Waals surface area contributed by atoms with Crippen molar-refractivity contribution < 1.29 is 0 Å². The van der Waals surface area contributed by atoms with Gasteiger partial charge in [-0.25, -0.2) is 4.98 Å². The number of benzene rings is 1. The molecule has 0 saturated heterocycles. The van der Waals surface area contributed by atoms with Gasteiger partial charge < -0.3 is 10.3 Å². The number of hydrogen-bond donors (Lipinski definition) is 1. The number of aryl methyl sites for hydroxylation is 2. The molecule has 2 N–H and O–H groups in total. The van der Waals surface area contributed by atoms with Gasteiger partial charge in [0.25, 0.3) is 0 Å². The van der Waals surface area contributed by atoms with Crippen molar-refractivity contribution in [1.82, 2.24) is 9.55 Å². The molecular formula is C16H23N3. The molecule has 2 aromatic rings. The van der Waals surface area contributed by atoms with Crippen LogP contribution in [0.1, 0.15) is 44.5 Å². The molecule has 0 spiro atoms. The molecule has 0 amide bonds. The van der Waals surface area contributed by atoms with E-state index in [0.29, 0.717) is 0 Å². The van der Waals surface area contributed by atoms with E-state index in [4.69, 9.17) is 10.7 Å². The molecule has 1 aromatic heterocycles. The van der Waals surface area contributed by atoms with Crippen molar-refractivity contribution in [2.24, 2.45) is 5.73 Å². The summed E-state index contributed by atoms with van der Waals surface area (Å²) in [6, 6.07) is 6.76. The highest BCUT2D eigenvalue weighted by atomic mass is 15.1. The zero-order valence-corrected chi connectivity index (χ0v) is 12.1. The third kappa shape index (κ3) is 1.79. The Morgan fingerprint density at radius 2 is 2.26 bits per heavy atom. The molecule has 1 saturated carbocycles. The lowest BCUT2D eigenvalue weighted by Gasteiger charge is -2.29. The molecule has 1 aliphatic carbocycles. The quantitative estimate of drug-likeness (QED) is 0.898. The van der Waals surface area contributed by atoms with E-state index in [1.54, 1.807) is 0 Å². The van der Waals surface area contributed by atoms with E-state index in [2.05, 4.69) is 43.5 Å². The molecule has 3 heteroatoms. The van der Waals surface area contributed by atoms with E-state index in [9.17, 15) is 0 Å². The second-order valence-electron chi connectivity index (χ2n) is 6.09. The fourth-order valence-corrected chi connectivity index (χ4v) is 3.47. The molecular weight excluding hydrogens is 234 g/mol. The first-order chi connectivity index (χ1) is 9.06. The van der Waals surface area contributed by atoms with Crippen LogP contribution in [0.25, 0.3) is 11.0 Å². The van der Waals surface area contributed by atoms with Crippen LogP contribution in [0.2, 0.25) is 0 Å². The molecule has 0 aliphatic heterocycles. The fourth-order valence-electron chi connectivity index (χ4n) is 3.47. The van der Waals surface area contributed by atoms with Crippen molar-refractivity contribution in [3.05, 3.63) is 29.6 Å². The van der Waals surface area contributed by atoms with Crippen LogP contribution in [0.15, 0.2) is 18.2 Å². The largest absolute Gasteiger partial charge is 0.328 e. The minimum atomic E-state index is 0.0307. The van der Waals surface area contributed by atoms with Crippen molar-refractivity contribution in [3.8, 4) is 0 Å². The van der Waals surface area contributed by atoms with Crippen molar-refractivity contribution in [2.45, 2.75) is 58.0 Å². The molecule has 2 unspecified atom stereocenters. The standard InChI is InChI=1S/C16H23N3/c1-4-19-13-8-7-11(2)10-12(13)18-15(19)16(3)9-5-6-14(16)17/h7-8,10,14H,4-6,9,17H2,1-3H3. The van der Waals surface area contributed by atoms with Gasteiger partial charge in [0.2, 0.25) is 0 Å². The first-order valence-electron chi connectivity index (χ1n) is 7.29. The van der Waals surface area contributed by atoms with E-state index in [0.717, 1.165) is 24.9 Å². The molecule has 3 rings (SSSR count). The summed E-state index contributed by atoms with van der Waals surface area (Å²) in [5.41, 5.74) is 10.0. The summed E-state index contributed by atoms with van der Waals surface area (Å²) in [6.45, 7) is 7.55. The molecule has 2 atom stereocenters. The summed E-state index contributed by atoms with van der Waals surface area (Å²) in [5.74, 6) is 1.18. The molecule has 1 aliphatic rings. The van der Waals surface area contributed by atoms with Crippen molar-refractivity contribution in [2.75, 3.05) is 0 Å². The number of aromatic nitrogens is 2. The number of imidazole rings is 1. The molecule has 0 bridgehead atoms. The van der Waals surface area contributed by atoms with Gasteiger partial charge in [-0.05, 0) is 44.4 Å². The number of hydrogen-bond acceptors (Lipinski definition) is 2. The average molecular weight is 257 g/mol. The van der Waals surface area contributed by atoms with Crippen LogP contribution >= 0.6 is 0 Å². The Bertz CT molecular complexity index is 614. The second kappa shape index (κ2) is 4.34. The van der Waals surface area contributed by atoms with E-state index in [1.165, 1.54) is 23.3 Å². The molecule has 0 radical (unpaired) electrons. The highest BCUT2D eigenvalue weighted by molar-refractivity contribution is 5.77. The minimum absolute atomic E-state index is 0.0307. The van der Waals surface area contributed by atoms with Gasteiger partial charge in [0.05, 0.1) is 11.0 Å². The highest BCUT2D eigenvalue weighted by Crippen LogP contribution is 2.40. The zero-order chi connectivity index (χ0) is 13.6. The predicted octanol–water partition coefficient (Wildman–Crippen LogP) is 3.13. The van der Waals surface area contributed by atoms with Gasteiger partial charge in [-0.3, -0.25) is 0 Å².